The molecule has 1 aliphatic carbocycles. The molecule has 4 nitrogen and oxygen atoms in total. The first-order chi connectivity index (χ1) is 9.22. The van der Waals surface area contributed by atoms with Crippen LogP contribution in [0.15, 0.2) is 18.5 Å². The standard InChI is InChI=1S/C14H22FN3O/c1-2-19-14(6-4-3-5-7-14)13(18-16)11-8-12(15)10-17-9-11/h8-10,13,18H,2-7,16H2,1H3. The van der Waals surface area contributed by atoms with E-state index < -0.39 is 0 Å². The fourth-order valence-corrected chi connectivity index (χ4v) is 3.09. The van der Waals surface area contributed by atoms with Crippen molar-refractivity contribution in [1.82, 2.24) is 10.4 Å². The monoisotopic (exact) mass is 267 g/mol. The average molecular weight is 267 g/mol. The van der Waals surface area contributed by atoms with Crippen LogP contribution in [0.2, 0.25) is 0 Å². The van der Waals surface area contributed by atoms with Crippen LogP contribution in [0.3, 0.4) is 0 Å². The molecule has 0 saturated heterocycles. The summed E-state index contributed by atoms with van der Waals surface area (Å²) in [4.78, 5) is 3.91. The van der Waals surface area contributed by atoms with Gasteiger partial charge < -0.3 is 4.74 Å². The molecule has 19 heavy (non-hydrogen) atoms. The van der Waals surface area contributed by atoms with Gasteiger partial charge in [-0.3, -0.25) is 16.3 Å². The van der Waals surface area contributed by atoms with E-state index in [4.69, 9.17) is 10.6 Å². The SMILES string of the molecule is CCOC1(C(NN)c2cncc(F)c2)CCCCC1. The van der Waals surface area contributed by atoms with Crippen LogP contribution in [0.5, 0.6) is 0 Å². The van der Waals surface area contributed by atoms with Crippen molar-refractivity contribution < 1.29 is 9.13 Å². The summed E-state index contributed by atoms with van der Waals surface area (Å²) in [5.74, 6) is 5.37. The summed E-state index contributed by atoms with van der Waals surface area (Å²) in [6, 6.07) is 1.25. The van der Waals surface area contributed by atoms with Gasteiger partial charge in [-0.05, 0) is 31.4 Å². The van der Waals surface area contributed by atoms with Crippen molar-refractivity contribution in [3.63, 3.8) is 0 Å². The van der Waals surface area contributed by atoms with Crippen molar-refractivity contribution in [1.29, 1.82) is 0 Å². The Morgan fingerprint density at radius 2 is 2.16 bits per heavy atom. The third kappa shape index (κ3) is 3.11. The van der Waals surface area contributed by atoms with Crippen molar-refractivity contribution in [2.24, 2.45) is 5.84 Å². The van der Waals surface area contributed by atoms with E-state index in [-0.39, 0.29) is 17.5 Å². The minimum Gasteiger partial charge on any atom is -0.373 e. The van der Waals surface area contributed by atoms with E-state index in [1.54, 1.807) is 6.20 Å². The maximum absolute atomic E-state index is 13.4. The fraction of sp³-hybridized carbons (Fsp3) is 0.643. The first-order valence-corrected chi connectivity index (χ1v) is 6.92. The summed E-state index contributed by atoms with van der Waals surface area (Å²) in [7, 11) is 0. The second kappa shape index (κ2) is 6.41. The molecule has 3 N–H and O–H groups in total. The van der Waals surface area contributed by atoms with Gasteiger partial charge in [0.25, 0.3) is 0 Å². The van der Waals surface area contributed by atoms with E-state index in [9.17, 15) is 4.39 Å². The maximum atomic E-state index is 13.4. The second-order valence-corrected chi connectivity index (χ2v) is 5.09. The molecule has 1 atom stereocenters. The lowest BCUT2D eigenvalue weighted by Crippen LogP contribution is -2.49. The van der Waals surface area contributed by atoms with Crippen LogP contribution in [0.25, 0.3) is 0 Å². The van der Waals surface area contributed by atoms with E-state index in [1.165, 1.54) is 18.7 Å². The topological polar surface area (TPSA) is 60.2 Å². The van der Waals surface area contributed by atoms with Crippen LogP contribution >= 0.6 is 0 Å². The summed E-state index contributed by atoms with van der Waals surface area (Å²) in [5.41, 5.74) is 3.21. The number of hydrogen-bond donors (Lipinski definition) is 2. The van der Waals surface area contributed by atoms with E-state index >= 15 is 0 Å². The third-order valence-electron chi connectivity index (χ3n) is 3.88. The minimum absolute atomic E-state index is 0.226. The molecule has 0 aromatic carbocycles. The second-order valence-electron chi connectivity index (χ2n) is 5.09. The summed E-state index contributed by atoms with van der Waals surface area (Å²) >= 11 is 0. The molecular formula is C14H22FN3O. The van der Waals surface area contributed by atoms with Gasteiger partial charge in [-0.2, -0.15) is 0 Å². The van der Waals surface area contributed by atoms with Crippen molar-refractivity contribution in [2.75, 3.05) is 6.61 Å². The van der Waals surface area contributed by atoms with Crippen LogP contribution < -0.4 is 11.3 Å². The number of nitrogens with two attached hydrogens (primary N) is 1. The molecule has 2 rings (SSSR count). The van der Waals surface area contributed by atoms with Crippen molar-refractivity contribution >= 4 is 0 Å². The van der Waals surface area contributed by atoms with E-state index in [0.717, 1.165) is 31.2 Å². The van der Waals surface area contributed by atoms with Crippen LogP contribution in [-0.2, 0) is 4.74 Å². The van der Waals surface area contributed by atoms with Crippen LogP contribution in [0.4, 0.5) is 4.39 Å². The summed E-state index contributed by atoms with van der Waals surface area (Å²) in [5, 5.41) is 0. The van der Waals surface area contributed by atoms with Gasteiger partial charge in [-0.1, -0.05) is 19.3 Å². The number of nitrogens with one attached hydrogen (secondary N) is 1. The zero-order valence-corrected chi connectivity index (χ0v) is 11.4. The Bertz CT molecular complexity index is 402. The highest BCUT2D eigenvalue weighted by Crippen LogP contribution is 2.41. The number of hydrogen-bond acceptors (Lipinski definition) is 4. The molecule has 1 aromatic rings. The predicted octanol–water partition coefficient (Wildman–Crippen LogP) is 2.46. The zero-order valence-electron chi connectivity index (χ0n) is 11.4. The summed E-state index contributed by atoms with van der Waals surface area (Å²) in [6.07, 6.45) is 8.17. The quantitative estimate of drug-likeness (QED) is 0.635. The highest BCUT2D eigenvalue weighted by molar-refractivity contribution is 5.20. The smallest absolute Gasteiger partial charge is 0.141 e. The third-order valence-corrected chi connectivity index (χ3v) is 3.88. The molecule has 1 unspecified atom stereocenters. The first kappa shape index (κ1) is 14.4. The number of hydrazine groups is 1. The van der Waals surface area contributed by atoms with Crippen LogP contribution in [0, 0.1) is 5.82 Å². The highest BCUT2D eigenvalue weighted by atomic mass is 19.1. The Morgan fingerprint density at radius 1 is 1.42 bits per heavy atom. The molecule has 0 radical (unpaired) electrons. The molecule has 1 aliphatic rings. The molecule has 1 heterocycles. The molecule has 0 aliphatic heterocycles. The Morgan fingerprint density at radius 3 is 2.74 bits per heavy atom. The minimum atomic E-state index is -0.350. The molecule has 106 valence electrons. The molecule has 1 aromatic heterocycles. The number of ether oxygens (including phenoxy) is 1. The Labute approximate surface area is 113 Å². The Balaban J connectivity index is 2.31. The van der Waals surface area contributed by atoms with E-state index in [2.05, 4.69) is 10.4 Å². The lowest BCUT2D eigenvalue weighted by atomic mass is 9.77. The number of halogens is 1. The summed E-state index contributed by atoms with van der Waals surface area (Å²) in [6.45, 7) is 2.61. The Hall–Kier alpha value is -1.04. The van der Waals surface area contributed by atoms with E-state index in [0.29, 0.717) is 6.61 Å². The average Bonchev–Trinajstić information content (AvgIpc) is 2.41. The van der Waals surface area contributed by atoms with Gasteiger partial charge in [-0.25, -0.2) is 4.39 Å². The number of pyridine rings is 1. The first-order valence-electron chi connectivity index (χ1n) is 6.92. The molecule has 0 bridgehead atoms. The van der Waals surface area contributed by atoms with Gasteiger partial charge in [0.15, 0.2) is 0 Å². The van der Waals surface area contributed by atoms with Crippen molar-refractivity contribution in [2.45, 2.75) is 50.7 Å². The van der Waals surface area contributed by atoms with Crippen LogP contribution in [0.1, 0.15) is 50.6 Å². The maximum Gasteiger partial charge on any atom is 0.141 e. The highest BCUT2D eigenvalue weighted by Gasteiger charge is 2.41. The van der Waals surface area contributed by atoms with Gasteiger partial charge in [-0.15, -0.1) is 0 Å². The lowest BCUT2D eigenvalue weighted by Gasteiger charge is -2.43. The predicted molar refractivity (Wildman–Crippen MR) is 71.7 cm³/mol. The number of aromatic nitrogens is 1. The van der Waals surface area contributed by atoms with Gasteiger partial charge in [0.1, 0.15) is 5.82 Å². The van der Waals surface area contributed by atoms with Gasteiger partial charge in [0.2, 0.25) is 0 Å². The largest absolute Gasteiger partial charge is 0.373 e. The Kier molecular flexibility index (Phi) is 4.85. The van der Waals surface area contributed by atoms with Crippen LogP contribution in [-0.4, -0.2) is 17.2 Å². The normalized spacial score (nSPS) is 20.2. The molecule has 1 saturated carbocycles. The van der Waals surface area contributed by atoms with Gasteiger partial charge in [0.05, 0.1) is 17.8 Å². The van der Waals surface area contributed by atoms with Crippen molar-refractivity contribution in [3.8, 4) is 0 Å². The molecule has 5 heteroatoms. The molecule has 0 amide bonds. The van der Waals surface area contributed by atoms with E-state index in [1.807, 2.05) is 6.92 Å². The van der Waals surface area contributed by atoms with Crippen molar-refractivity contribution in [3.05, 3.63) is 29.8 Å². The lowest BCUT2D eigenvalue weighted by molar-refractivity contribution is -0.0914. The molecular weight excluding hydrogens is 245 g/mol. The molecule has 1 fully saturated rings. The summed E-state index contributed by atoms with van der Waals surface area (Å²) < 4.78 is 19.4. The zero-order chi connectivity index (χ0) is 13.7. The van der Waals surface area contributed by atoms with Gasteiger partial charge in [0, 0.05) is 12.8 Å². The van der Waals surface area contributed by atoms with Gasteiger partial charge >= 0.3 is 0 Å². The number of rotatable bonds is 5. The fourth-order valence-electron chi connectivity index (χ4n) is 3.09. The molecule has 0 spiro atoms. The number of nitrogens with zero attached hydrogens (tertiary/aromatic N) is 1.